The number of unbranched alkanes of at least 4 members (excludes halogenated alkanes) is 2. The van der Waals surface area contributed by atoms with Crippen molar-refractivity contribution in [3.63, 3.8) is 0 Å². The van der Waals surface area contributed by atoms with Gasteiger partial charge >= 0.3 is 11.9 Å². The molecule has 0 radical (unpaired) electrons. The van der Waals surface area contributed by atoms with Crippen LogP contribution in [0.25, 0.3) is 11.0 Å². The van der Waals surface area contributed by atoms with Crippen LogP contribution in [0.3, 0.4) is 0 Å². The molecule has 0 aliphatic carbocycles. The van der Waals surface area contributed by atoms with Crippen molar-refractivity contribution < 1.29 is 38.9 Å². The fourth-order valence-electron chi connectivity index (χ4n) is 5.46. The number of nitrogens with zero attached hydrogens (tertiary/aromatic N) is 5. The summed E-state index contributed by atoms with van der Waals surface area (Å²) in [5, 5.41) is 23.0. The van der Waals surface area contributed by atoms with E-state index in [9.17, 15) is 24.3 Å². The number of thioether (sulfide) groups is 1. The quantitative estimate of drug-likeness (QED) is 0.0761. The van der Waals surface area contributed by atoms with E-state index in [2.05, 4.69) is 32.1 Å². The van der Waals surface area contributed by atoms with Crippen LogP contribution in [-0.4, -0.2) is 109 Å². The lowest BCUT2D eigenvalue weighted by atomic mass is 10.1. The van der Waals surface area contributed by atoms with Gasteiger partial charge < -0.3 is 51.3 Å². The van der Waals surface area contributed by atoms with Gasteiger partial charge in [0.2, 0.25) is 17.8 Å². The van der Waals surface area contributed by atoms with Crippen LogP contribution in [0.1, 0.15) is 50.2 Å². The standard InChI is InChI=1S/C36H49N9O8S/c1-3-4-5-10-40-33-32-27(41-36(38)42-33)8-12-45(32)22-25-7-6-24(19-28(25)52-2)21-43-13-15-44(16-14-43)31(47)9-17-53-18-11-39-30(46)20-29(35(50)51)54-23-26(37)34(48)49/h6-8,12-16,19,26,29H,3-5,9-11,17-18,20-23,37H2,1-2H3,(H,39,46)(H,48,49)(H,50,51)(H3,38,40,41,42)/t26-,29+/m0/s1. The number of nitrogen functional groups attached to an aromatic ring is 1. The minimum Gasteiger partial charge on any atom is -0.496 e. The van der Waals surface area contributed by atoms with Gasteiger partial charge in [-0.2, -0.15) is 4.98 Å². The molecule has 0 saturated carbocycles. The Morgan fingerprint density at radius 1 is 0.981 bits per heavy atom. The van der Waals surface area contributed by atoms with Gasteiger partial charge in [0, 0.05) is 68.4 Å². The minimum absolute atomic E-state index is 0.107. The third-order valence-corrected chi connectivity index (χ3v) is 9.67. The molecule has 17 nitrogen and oxygen atoms in total. The molecule has 0 saturated heterocycles. The highest BCUT2D eigenvalue weighted by Gasteiger charge is 2.24. The highest BCUT2D eigenvalue weighted by Crippen LogP contribution is 2.28. The number of carboxylic acid groups (broad SMARTS) is 2. The molecular formula is C36H49N9O8S. The van der Waals surface area contributed by atoms with Crippen molar-refractivity contribution >= 4 is 58.3 Å². The first-order chi connectivity index (χ1) is 26.0. The summed E-state index contributed by atoms with van der Waals surface area (Å²) in [6.07, 6.45) is 12.0. The Balaban J connectivity index is 1.20. The molecule has 3 heterocycles. The van der Waals surface area contributed by atoms with Gasteiger partial charge in [-0.1, -0.05) is 31.9 Å². The number of nitrogens with two attached hydrogens (primary N) is 2. The number of methoxy groups -OCH3 is 1. The van der Waals surface area contributed by atoms with Crippen LogP contribution in [0.15, 0.2) is 55.3 Å². The van der Waals surface area contributed by atoms with E-state index < -0.39 is 29.1 Å². The molecule has 2 aromatic heterocycles. The summed E-state index contributed by atoms with van der Waals surface area (Å²) < 4.78 is 13.3. The first-order valence-electron chi connectivity index (χ1n) is 17.6. The van der Waals surface area contributed by atoms with E-state index in [0.717, 1.165) is 65.5 Å². The molecule has 18 heteroatoms. The lowest BCUT2D eigenvalue weighted by Crippen LogP contribution is -2.36. The summed E-state index contributed by atoms with van der Waals surface area (Å²) >= 11 is 0.797. The van der Waals surface area contributed by atoms with Crippen LogP contribution in [0, 0.1) is 0 Å². The molecule has 54 heavy (non-hydrogen) atoms. The molecule has 3 aromatic rings. The zero-order valence-electron chi connectivity index (χ0n) is 30.5. The molecule has 0 bridgehead atoms. The molecule has 2 amide bonds. The van der Waals surface area contributed by atoms with Gasteiger partial charge in [0.05, 0.1) is 38.8 Å². The zero-order chi connectivity index (χ0) is 39.0. The van der Waals surface area contributed by atoms with Crippen LogP contribution >= 0.6 is 11.8 Å². The fourth-order valence-corrected chi connectivity index (χ4v) is 6.46. The number of hydrogen-bond donors (Lipinski definition) is 6. The number of rotatable bonds is 23. The van der Waals surface area contributed by atoms with E-state index >= 15 is 0 Å². The van der Waals surface area contributed by atoms with Gasteiger partial charge in [0.15, 0.2) is 5.82 Å². The van der Waals surface area contributed by atoms with Crippen molar-refractivity contribution in [2.24, 2.45) is 5.73 Å². The normalized spacial score (nSPS) is 13.5. The summed E-state index contributed by atoms with van der Waals surface area (Å²) in [5.74, 6) is -1.64. The summed E-state index contributed by atoms with van der Waals surface area (Å²) in [5.41, 5.74) is 15.0. The SMILES string of the molecule is CCCCCNc1nc(N)nc2ccn(Cc3ccc(CN4C=CN(C(=O)CCOCCNC(=O)C[C@@H](SC[C@H](N)C(=O)O)C(=O)O)C=C4)cc3OC)c12. The minimum atomic E-state index is -1.25. The third kappa shape index (κ3) is 12.4. The molecule has 0 fully saturated rings. The van der Waals surface area contributed by atoms with Gasteiger partial charge in [0.1, 0.15) is 22.6 Å². The van der Waals surface area contributed by atoms with Crippen LogP contribution < -0.4 is 26.8 Å². The number of carbonyl (C=O) groups excluding carboxylic acids is 2. The third-order valence-electron chi connectivity index (χ3n) is 8.35. The second kappa shape index (κ2) is 20.8. The summed E-state index contributed by atoms with van der Waals surface area (Å²) in [4.78, 5) is 59.4. The topological polar surface area (TPSA) is 240 Å². The monoisotopic (exact) mass is 767 g/mol. The number of fused-ring (bicyclic) bond motifs is 1. The number of carboxylic acids is 2. The zero-order valence-corrected chi connectivity index (χ0v) is 31.3. The van der Waals surface area contributed by atoms with E-state index in [1.807, 2.05) is 35.4 Å². The summed E-state index contributed by atoms with van der Waals surface area (Å²) in [6.45, 7) is 4.42. The molecule has 2 atom stereocenters. The Kier molecular flexibility index (Phi) is 15.9. The second-order valence-electron chi connectivity index (χ2n) is 12.5. The molecular weight excluding hydrogens is 719 g/mol. The van der Waals surface area contributed by atoms with Gasteiger partial charge in [0.25, 0.3) is 0 Å². The number of nitrogens with one attached hydrogen (secondary N) is 2. The lowest BCUT2D eigenvalue weighted by Gasteiger charge is -2.24. The van der Waals surface area contributed by atoms with Crippen molar-refractivity contribution in [3.05, 3.63) is 66.4 Å². The van der Waals surface area contributed by atoms with Crippen LogP contribution in [0.2, 0.25) is 0 Å². The van der Waals surface area contributed by atoms with Crippen LogP contribution in [0.5, 0.6) is 5.75 Å². The van der Waals surface area contributed by atoms with Crippen molar-refractivity contribution in [1.29, 1.82) is 0 Å². The molecule has 1 aliphatic heterocycles. The number of aromatic nitrogens is 3. The first-order valence-corrected chi connectivity index (χ1v) is 18.7. The lowest BCUT2D eigenvalue weighted by molar-refractivity contribution is -0.139. The van der Waals surface area contributed by atoms with Crippen molar-refractivity contribution in [2.45, 2.75) is 63.4 Å². The van der Waals surface area contributed by atoms with Crippen molar-refractivity contribution in [2.75, 3.05) is 50.2 Å². The van der Waals surface area contributed by atoms with E-state index in [4.69, 9.17) is 26.0 Å². The molecule has 292 valence electrons. The maximum absolute atomic E-state index is 12.7. The molecule has 4 rings (SSSR count). The number of hydrogen-bond acceptors (Lipinski definition) is 13. The molecule has 0 unspecified atom stereocenters. The van der Waals surface area contributed by atoms with E-state index in [1.165, 1.54) is 4.90 Å². The molecule has 1 aliphatic rings. The maximum atomic E-state index is 12.7. The Labute approximate surface area is 317 Å². The fraction of sp³-hybridized carbons (Fsp3) is 0.444. The predicted octanol–water partition coefficient (Wildman–Crippen LogP) is 2.77. The summed E-state index contributed by atoms with van der Waals surface area (Å²) in [6, 6.07) is 6.79. The molecule has 0 spiro atoms. The number of amides is 2. The highest BCUT2D eigenvalue weighted by molar-refractivity contribution is 8.00. The van der Waals surface area contributed by atoms with Crippen molar-refractivity contribution in [3.8, 4) is 5.75 Å². The second-order valence-corrected chi connectivity index (χ2v) is 13.7. The van der Waals surface area contributed by atoms with Gasteiger partial charge in [-0.15, -0.1) is 11.8 Å². The average molecular weight is 768 g/mol. The van der Waals surface area contributed by atoms with Crippen LogP contribution in [0.4, 0.5) is 11.8 Å². The average Bonchev–Trinajstić information content (AvgIpc) is 3.55. The van der Waals surface area contributed by atoms with E-state index in [-0.39, 0.29) is 50.2 Å². The number of anilines is 2. The number of aliphatic carboxylic acids is 2. The van der Waals surface area contributed by atoms with E-state index in [1.54, 1.807) is 31.9 Å². The maximum Gasteiger partial charge on any atom is 0.321 e. The Morgan fingerprint density at radius 3 is 2.46 bits per heavy atom. The van der Waals surface area contributed by atoms with Gasteiger partial charge in [-0.25, -0.2) is 4.98 Å². The van der Waals surface area contributed by atoms with Gasteiger partial charge in [-0.05, 0) is 24.1 Å². The number of ether oxygens (including phenoxy) is 2. The largest absolute Gasteiger partial charge is 0.496 e. The molecule has 8 N–H and O–H groups in total. The molecule has 1 aromatic carbocycles. The Morgan fingerprint density at radius 2 is 1.76 bits per heavy atom. The first kappa shape index (κ1) is 41.4. The van der Waals surface area contributed by atoms with Crippen molar-refractivity contribution in [1.82, 2.24) is 29.7 Å². The van der Waals surface area contributed by atoms with Gasteiger partial charge in [-0.3, -0.25) is 24.1 Å². The smallest absolute Gasteiger partial charge is 0.321 e. The van der Waals surface area contributed by atoms with Crippen LogP contribution in [-0.2, 0) is 37.0 Å². The number of benzene rings is 1. The Hall–Kier alpha value is -5.33. The summed E-state index contributed by atoms with van der Waals surface area (Å²) in [7, 11) is 1.65. The predicted molar refractivity (Wildman–Crippen MR) is 205 cm³/mol. The Bertz CT molecular complexity index is 1800. The highest BCUT2D eigenvalue weighted by atomic mass is 32.2. The number of carbonyl (C=O) groups is 4. The van der Waals surface area contributed by atoms with E-state index in [0.29, 0.717) is 18.9 Å².